The van der Waals surface area contributed by atoms with E-state index in [-0.39, 0.29) is 36.3 Å². The molecule has 2 fully saturated rings. The van der Waals surface area contributed by atoms with E-state index in [1.54, 1.807) is 17.3 Å². The molecule has 0 spiro atoms. The van der Waals surface area contributed by atoms with Gasteiger partial charge in [-0.25, -0.2) is 9.97 Å². The van der Waals surface area contributed by atoms with Crippen molar-refractivity contribution in [2.75, 3.05) is 18.6 Å². The molecule has 0 bridgehead atoms. The summed E-state index contributed by atoms with van der Waals surface area (Å²) in [4.78, 5) is 35.2. The molecule has 9 heteroatoms. The zero-order chi connectivity index (χ0) is 21.8. The molecule has 1 aromatic carbocycles. The number of nitrogens with one attached hydrogen (secondary N) is 1. The van der Waals surface area contributed by atoms with Crippen LogP contribution >= 0.6 is 15.9 Å². The van der Waals surface area contributed by atoms with Crippen molar-refractivity contribution in [2.45, 2.75) is 44.2 Å². The summed E-state index contributed by atoms with van der Waals surface area (Å²) in [6.07, 6.45) is 6.62. The molecule has 2 aromatic rings. The Bertz CT molecular complexity index is 949. The van der Waals surface area contributed by atoms with E-state index in [9.17, 15) is 9.59 Å². The normalized spacial score (nSPS) is 23.5. The summed E-state index contributed by atoms with van der Waals surface area (Å²) in [6.45, 7) is 0.409. The minimum atomic E-state index is -0.329. The van der Waals surface area contributed by atoms with Gasteiger partial charge in [-0.2, -0.15) is 0 Å². The third-order valence-electron chi connectivity index (χ3n) is 5.74. The zero-order valence-corrected chi connectivity index (χ0v) is 18.9. The van der Waals surface area contributed by atoms with E-state index >= 15 is 0 Å². The quantitative estimate of drug-likeness (QED) is 0.671. The number of amides is 2. The predicted molar refractivity (Wildman–Crippen MR) is 118 cm³/mol. The van der Waals surface area contributed by atoms with Gasteiger partial charge in [0.25, 0.3) is 11.8 Å². The maximum atomic E-state index is 12.8. The number of aromatic nitrogens is 2. The summed E-state index contributed by atoms with van der Waals surface area (Å²) < 4.78 is 12.0. The number of hydrogen-bond donors (Lipinski definition) is 1. The Hall–Kier alpha value is -2.68. The third kappa shape index (κ3) is 5.15. The number of nitrogens with zero attached hydrogens (tertiary/aromatic N) is 3. The SMILES string of the molecule is COc1nccnc1OC1CCC(NC(=O)C2CC(=O)N(c3cccc(Br)c3)C2)CC1. The van der Waals surface area contributed by atoms with Crippen molar-refractivity contribution in [2.24, 2.45) is 5.92 Å². The van der Waals surface area contributed by atoms with Gasteiger partial charge < -0.3 is 19.7 Å². The minimum Gasteiger partial charge on any atom is -0.477 e. The number of ether oxygens (including phenoxy) is 2. The fourth-order valence-electron chi connectivity index (χ4n) is 4.11. The van der Waals surface area contributed by atoms with Crippen LogP contribution in [-0.2, 0) is 9.59 Å². The summed E-state index contributed by atoms with van der Waals surface area (Å²) in [6, 6.07) is 7.67. The van der Waals surface area contributed by atoms with E-state index < -0.39 is 0 Å². The molecule has 1 aliphatic heterocycles. The van der Waals surface area contributed by atoms with Crippen LogP contribution in [0.4, 0.5) is 5.69 Å². The molecule has 1 N–H and O–H groups in total. The molecule has 164 valence electrons. The second kappa shape index (κ2) is 9.64. The molecule has 1 aliphatic carbocycles. The average molecular weight is 489 g/mol. The van der Waals surface area contributed by atoms with E-state index in [0.717, 1.165) is 35.8 Å². The van der Waals surface area contributed by atoms with Crippen molar-refractivity contribution in [1.82, 2.24) is 15.3 Å². The lowest BCUT2D eigenvalue weighted by atomic mass is 9.92. The van der Waals surface area contributed by atoms with Gasteiger partial charge >= 0.3 is 0 Å². The minimum absolute atomic E-state index is 0.0128. The summed E-state index contributed by atoms with van der Waals surface area (Å²) >= 11 is 3.43. The third-order valence-corrected chi connectivity index (χ3v) is 6.23. The van der Waals surface area contributed by atoms with Crippen molar-refractivity contribution in [3.05, 3.63) is 41.1 Å². The first-order valence-electron chi connectivity index (χ1n) is 10.4. The molecule has 8 nitrogen and oxygen atoms in total. The van der Waals surface area contributed by atoms with Crippen molar-refractivity contribution in [3.63, 3.8) is 0 Å². The van der Waals surface area contributed by atoms with Crippen LogP contribution in [0.5, 0.6) is 11.8 Å². The monoisotopic (exact) mass is 488 g/mol. The van der Waals surface area contributed by atoms with Crippen LogP contribution in [0.2, 0.25) is 0 Å². The zero-order valence-electron chi connectivity index (χ0n) is 17.3. The second-order valence-corrected chi connectivity index (χ2v) is 8.77. The molecule has 4 rings (SSSR count). The molecule has 2 aliphatic rings. The van der Waals surface area contributed by atoms with E-state index in [2.05, 4.69) is 31.2 Å². The molecule has 1 saturated carbocycles. The fourth-order valence-corrected chi connectivity index (χ4v) is 4.50. The highest BCUT2D eigenvalue weighted by Gasteiger charge is 2.36. The van der Waals surface area contributed by atoms with Crippen LogP contribution in [0, 0.1) is 5.92 Å². The maximum absolute atomic E-state index is 12.8. The Labute approximate surface area is 189 Å². The lowest BCUT2D eigenvalue weighted by molar-refractivity contribution is -0.127. The molecular weight excluding hydrogens is 464 g/mol. The van der Waals surface area contributed by atoms with Gasteiger partial charge in [0, 0.05) is 41.6 Å². The molecule has 1 saturated heterocycles. The smallest absolute Gasteiger partial charge is 0.278 e. The molecule has 2 heterocycles. The number of carbonyl (C=O) groups excluding carboxylic acids is 2. The van der Waals surface area contributed by atoms with Crippen molar-refractivity contribution >= 4 is 33.4 Å². The Balaban J connectivity index is 1.27. The summed E-state index contributed by atoms with van der Waals surface area (Å²) in [5, 5.41) is 3.14. The lowest BCUT2D eigenvalue weighted by Gasteiger charge is -2.30. The van der Waals surface area contributed by atoms with Gasteiger partial charge in [-0.05, 0) is 43.9 Å². The van der Waals surface area contributed by atoms with Gasteiger partial charge in [0.1, 0.15) is 6.10 Å². The van der Waals surface area contributed by atoms with E-state index in [4.69, 9.17) is 9.47 Å². The summed E-state index contributed by atoms with van der Waals surface area (Å²) in [5.74, 6) is 0.372. The number of hydrogen-bond acceptors (Lipinski definition) is 6. The topological polar surface area (TPSA) is 93.6 Å². The molecular formula is C22H25BrN4O4. The van der Waals surface area contributed by atoms with Crippen LogP contribution in [0.1, 0.15) is 32.1 Å². The summed E-state index contributed by atoms with van der Waals surface area (Å²) in [5.41, 5.74) is 0.812. The standard InChI is InChI=1S/C22H25BrN4O4/c1-30-21-22(25-10-9-24-21)31-18-7-5-16(6-8-18)26-20(29)14-11-19(28)27(13-14)17-4-2-3-15(23)12-17/h2-4,9-10,12,14,16,18H,5-8,11,13H2,1H3,(H,26,29). The first-order valence-corrected chi connectivity index (χ1v) is 11.2. The van der Waals surface area contributed by atoms with Crippen molar-refractivity contribution in [3.8, 4) is 11.8 Å². The van der Waals surface area contributed by atoms with E-state index in [0.29, 0.717) is 18.3 Å². The van der Waals surface area contributed by atoms with Gasteiger partial charge in [0.05, 0.1) is 13.0 Å². The van der Waals surface area contributed by atoms with Gasteiger partial charge in [-0.15, -0.1) is 0 Å². The first kappa shape index (κ1) is 21.5. The highest BCUT2D eigenvalue weighted by Crippen LogP contribution is 2.29. The predicted octanol–water partition coefficient (Wildman–Crippen LogP) is 3.11. The highest BCUT2D eigenvalue weighted by atomic mass is 79.9. The number of benzene rings is 1. The number of anilines is 1. The number of halogens is 1. The Morgan fingerprint density at radius 3 is 2.61 bits per heavy atom. The van der Waals surface area contributed by atoms with E-state index in [1.807, 2.05) is 24.3 Å². The number of methoxy groups -OCH3 is 1. The first-order chi connectivity index (χ1) is 15.0. The Morgan fingerprint density at radius 2 is 1.90 bits per heavy atom. The van der Waals surface area contributed by atoms with Crippen LogP contribution in [-0.4, -0.2) is 47.6 Å². The molecule has 31 heavy (non-hydrogen) atoms. The fraction of sp³-hybridized carbons (Fsp3) is 0.455. The van der Waals surface area contributed by atoms with Crippen LogP contribution in [0.15, 0.2) is 41.1 Å². The second-order valence-electron chi connectivity index (χ2n) is 7.86. The average Bonchev–Trinajstić information content (AvgIpc) is 3.17. The molecule has 2 amide bonds. The van der Waals surface area contributed by atoms with Crippen LogP contribution < -0.4 is 19.7 Å². The maximum Gasteiger partial charge on any atom is 0.278 e. The molecule has 1 atom stereocenters. The number of carbonyl (C=O) groups is 2. The molecule has 1 aromatic heterocycles. The molecule has 1 unspecified atom stereocenters. The van der Waals surface area contributed by atoms with Crippen molar-refractivity contribution < 1.29 is 19.1 Å². The molecule has 0 radical (unpaired) electrons. The van der Waals surface area contributed by atoms with Gasteiger partial charge in [0.15, 0.2) is 0 Å². The number of rotatable bonds is 6. The van der Waals surface area contributed by atoms with Gasteiger partial charge in [-0.1, -0.05) is 22.0 Å². The largest absolute Gasteiger partial charge is 0.477 e. The lowest BCUT2D eigenvalue weighted by Crippen LogP contribution is -2.43. The highest BCUT2D eigenvalue weighted by molar-refractivity contribution is 9.10. The Kier molecular flexibility index (Phi) is 6.70. The van der Waals surface area contributed by atoms with Crippen molar-refractivity contribution in [1.29, 1.82) is 0 Å². The van der Waals surface area contributed by atoms with Gasteiger partial charge in [0.2, 0.25) is 11.8 Å². The van der Waals surface area contributed by atoms with Gasteiger partial charge in [-0.3, -0.25) is 9.59 Å². The van der Waals surface area contributed by atoms with Crippen LogP contribution in [0.25, 0.3) is 0 Å². The Morgan fingerprint density at radius 1 is 1.16 bits per heavy atom. The van der Waals surface area contributed by atoms with Crippen LogP contribution in [0.3, 0.4) is 0 Å². The summed E-state index contributed by atoms with van der Waals surface area (Å²) in [7, 11) is 1.54. The van der Waals surface area contributed by atoms with E-state index in [1.165, 1.54) is 7.11 Å².